The first-order valence-electron chi connectivity index (χ1n) is 17.8. The Morgan fingerprint density at radius 2 is 1.64 bits per heavy atom. The standard InChI is InChI=1S/C39H45N3O5.C3H8.2H2/c1-9-41(7)31-18-25-10-13-28(14-11-25)45-33-20-26(12-15-32(33)44-8)19-30-29-22-35-34(21-27(29)16-17-42(30)39(43)40-6)46-37(24(4)5)38(47-35)36(31)23(2)3;1-3-2;;/h10-15,20-22,30-31H,4,9,16-19H2,1-3,5-8H3,(H,40,43);3H2,1-2H3;2*1H/t30-,31?;;;/m0.../s1. The van der Waals surface area contributed by atoms with E-state index in [0.717, 1.165) is 52.1 Å². The number of allylic oxidation sites excluding steroid dienone is 2. The molecule has 8 nitrogen and oxygen atoms in total. The van der Waals surface area contributed by atoms with Crippen molar-refractivity contribution < 1.29 is 26.6 Å². The lowest BCUT2D eigenvalue weighted by Gasteiger charge is -2.39. The summed E-state index contributed by atoms with van der Waals surface area (Å²) in [6.07, 6.45) is 3.27. The quantitative estimate of drug-likeness (QED) is 0.295. The van der Waals surface area contributed by atoms with E-state index in [0.29, 0.717) is 53.9 Å². The summed E-state index contributed by atoms with van der Waals surface area (Å²) in [6.45, 7) is 18.3. The van der Waals surface area contributed by atoms with Gasteiger partial charge >= 0.3 is 6.03 Å². The van der Waals surface area contributed by atoms with Crippen molar-refractivity contribution in [2.45, 2.75) is 79.3 Å². The highest BCUT2D eigenvalue weighted by molar-refractivity contribution is 5.75. The van der Waals surface area contributed by atoms with Crippen LogP contribution < -0.4 is 24.3 Å². The number of carbonyl (C=O) groups is 1. The Kier molecular flexibility index (Phi) is 11.6. The smallest absolute Gasteiger partial charge is 0.317 e. The molecule has 0 spiro atoms. The summed E-state index contributed by atoms with van der Waals surface area (Å²) in [5.41, 5.74) is 7.36. The molecule has 0 fully saturated rings. The van der Waals surface area contributed by atoms with E-state index in [1.54, 1.807) is 14.2 Å². The Morgan fingerprint density at radius 1 is 0.960 bits per heavy atom. The van der Waals surface area contributed by atoms with Crippen LogP contribution in [-0.2, 0) is 19.3 Å². The topological polar surface area (TPSA) is 72.5 Å². The molecule has 2 amide bonds. The van der Waals surface area contributed by atoms with Crippen LogP contribution in [0.2, 0.25) is 0 Å². The molecule has 0 saturated heterocycles. The number of amides is 2. The largest absolute Gasteiger partial charge is 0.493 e. The van der Waals surface area contributed by atoms with Crippen LogP contribution >= 0.6 is 0 Å². The predicted octanol–water partition coefficient (Wildman–Crippen LogP) is 9.65. The number of ether oxygens (including phenoxy) is 4. The van der Waals surface area contributed by atoms with Crippen molar-refractivity contribution in [3.05, 3.63) is 112 Å². The number of urea groups is 1. The zero-order valence-electron chi connectivity index (χ0n) is 31.2. The summed E-state index contributed by atoms with van der Waals surface area (Å²) in [5, 5.41) is 2.85. The SMILES string of the molecule is C=C(C)C1=C2Oc3cc4c(cc3O1)CCN(C(=O)NC)[C@H]4Cc1ccc(OC)c(c1)Oc1ccc(cc1)CC(N(C)CC)C2=C(C)C.CCC.[HH].[HH]. The van der Waals surface area contributed by atoms with Gasteiger partial charge in [-0.2, -0.15) is 0 Å². The Balaban J connectivity index is 0.00000141. The van der Waals surface area contributed by atoms with Crippen LogP contribution in [0.1, 0.15) is 79.1 Å². The molecule has 4 aliphatic rings. The summed E-state index contributed by atoms with van der Waals surface area (Å²) in [6, 6.07) is 18.0. The van der Waals surface area contributed by atoms with Gasteiger partial charge in [0.15, 0.2) is 34.5 Å². The Bertz CT molecular complexity index is 1800. The Morgan fingerprint density at radius 3 is 2.26 bits per heavy atom. The fourth-order valence-corrected chi connectivity index (χ4v) is 6.85. The maximum atomic E-state index is 13.3. The molecule has 0 radical (unpaired) electrons. The number of rotatable bonds is 4. The van der Waals surface area contributed by atoms with Crippen molar-refractivity contribution in [1.29, 1.82) is 0 Å². The predicted molar refractivity (Wildman–Crippen MR) is 205 cm³/mol. The van der Waals surface area contributed by atoms with Crippen LogP contribution in [0.25, 0.3) is 0 Å². The van der Waals surface area contributed by atoms with Crippen molar-refractivity contribution in [2.24, 2.45) is 0 Å². The number of carbonyl (C=O) groups excluding carboxylic acids is 1. The second-order valence-corrected chi connectivity index (χ2v) is 13.5. The van der Waals surface area contributed by atoms with Gasteiger partial charge in [-0.25, -0.2) is 4.79 Å². The molecule has 270 valence electrons. The normalized spacial score (nSPS) is 17.8. The van der Waals surface area contributed by atoms with E-state index >= 15 is 0 Å². The van der Waals surface area contributed by atoms with E-state index in [4.69, 9.17) is 18.9 Å². The maximum Gasteiger partial charge on any atom is 0.317 e. The summed E-state index contributed by atoms with van der Waals surface area (Å²) in [4.78, 5) is 17.5. The molecule has 4 heterocycles. The lowest BCUT2D eigenvalue weighted by Crippen LogP contribution is -2.45. The van der Waals surface area contributed by atoms with Gasteiger partial charge in [-0.05, 0) is 118 Å². The van der Waals surface area contributed by atoms with Crippen molar-refractivity contribution >= 4 is 6.03 Å². The summed E-state index contributed by atoms with van der Waals surface area (Å²) in [7, 11) is 5.46. The van der Waals surface area contributed by atoms with Crippen molar-refractivity contribution in [3.8, 4) is 28.7 Å². The first-order valence-corrected chi connectivity index (χ1v) is 17.8. The van der Waals surface area contributed by atoms with Crippen molar-refractivity contribution in [1.82, 2.24) is 15.1 Å². The highest BCUT2D eigenvalue weighted by Crippen LogP contribution is 2.46. The zero-order valence-corrected chi connectivity index (χ0v) is 31.2. The molecule has 1 N–H and O–H groups in total. The number of methoxy groups -OCH3 is 1. The molecule has 3 aromatic rings. The molecule has 0 saturated carbocycles. The van der Waals surface area contributed by atoms with E-state index in [1.807, 2.05) is 42.2 Å². The molecule has 7 rings (SSSR count). The van der Waals surface area contributed by atoms with Gasteiger partial charge in [-0.3, -0.25) is 4.90 Å². The minimum absolute atomic E-state index is 0. The highest BCUT2D eigenvalue weighted by Gasteiger charge is 2.36. The molecular weight excluding hydrogens is 626 g/mol. The first-order chi connectivity index (χ1) is 24.0. The molecule has 0 aliphatic carbocycles. The van der Waals surface area contributed by atoms with Gasteiger partial charge in [0.2, 0.25) is 0 Å². The number of fused-ring (bicyclic) bond motifs is 4. The van der Waals surface area contributed by atoms with Gasteiger partial charge < -0.3 is 29.2 Å². The maximum absolute atomic E-state index is 13.3. The van der Waals surface area contributed by atoms with E-state index in [2.05, 4.69) is 82.7 Å². The number of benzene rings is 3. The zero-order chi connectivity index (χ0) is 36.1. The molecule has 50 heavy (non-hydrogen) atoms. The van der Waals surface area contributed by atoms with Crippen LogP contribution in [0.3, 0.4) is 0 Å². The third-order valence-electron chi connectivity index (χ3n) is 9.44. The number of nitrogens with one attached hydrogen (secondary N) is 1. The fraction of sp³-hybridized carbons (Fsp3) is 0.405. The van der Waals surface area contributed by atoms with Gasteiger partial charge in [0.1, 0.15) is 5.75 Å². The fourth-order valence-electron chi connectivity index (χ4n) is 6.85. The average Bonchev–Trinajstić information content (AvgIpc) is 3.10. The first kappa shape index (κ1) is 36.6. The Labute approximate surface area is 301 Å². The van der Waals surface area contributed by atoms with Gasteiger partial charge in [0.25, 0.3) is 0 Å². The average molecular weight is 684 g/mol. The number of hydrogen-bond donors (Lipinski definition) is 1. The molecular formula is C42H57N3O5. The molecule has 0 aromatic heterocycles. The Hall–Kier alpha value is -4.69. The van der Waals surface area contributed by atoms with E-state index in [-0.39, 0.29) is 21.0 Å². The third kappa shape index (κ3) is 7.55. The van der Waals surface area contributed by atoms with Gasteiger partial charge in [-0.1, -0.05) is 57.5 Å². The minimum Gasteiger partial charge on any atom is -0.493 e. The molecule has 3 aromatic carbocycles. The van der Waals surface area contributed by atoms with Crippen molar-refractivity contribution in [3.63, 3.8) is 0 Å². The lowest BCUT2D eigenvalue weighted by atomic mass is 9.87. The van der Waals surface area contributed by atoms with Crippen LogP contribution in [-0.4, -0.2) is 56.2 Å². The van der Waals surface area contributed by atoms with Gasteiger partial charge in [-0.15, -0.1) is 0 Å². The number of nitrogens with zero attached hydrogens (tertiary/aromatic N) is 2. The van der Waals surface area contributed by atoms with Crippen LogP contribution in [0.5, 0.6) is 28.7 Å². The summed E-state index contributed by atoms with van der Waals surface area (Å²) < 4.78 is 25.8. The molecule has 2 atom stereocenters. The minimum atomic E-state index is -0.246. The third-order valence-corrected chi connectivity index (χ3v) is 9.44. The highest BCUT2D eigenvalue weighted by atomic mass is 16.6. The van der Waals surface area contributed by atoms with Crippen LogP contribution in [0, 0.1) is 0 Å². The second-order valence-electron chi connectivity index (χ2n) is 13.5. The van der Waals surface area contributed by atoms with Gasteiger partial charge in [0.05, 0.1) is 13.2 Å². The number of likely N-dealkylation sites (N-methyl/N-ethyl adjacent to an activating group) is 1. The molecule has 8 heteroatoms. The summed E-state index contributed by atoms with van der Waals surface area (Å²) in [5.74, 6) is 4.62. The van der Waals surface area contributed by atoms with Crippen LogP contribution in [0.15, 0.2) is 89.4 Å². The molecule has 7 bridgehead atoms. The number of hydrogen-bond acceptors (Lipinski definition) is 6. The monoisotopic (exact) mass is 683 g/mol. The summed E-state index contributed by atoms with van der Waals surface area (Å²) >= 11 is 0. The van der Waals surface area contributed by atoms with E-state index in [1.165, 1.54) is 12.0 Å². The lowest BCUT2D eigenvalue weighted by molar-refractivity contribution is 0.170. The molecule has 4 aliphatic heterocycles. The second kappa shape index (κ2) is 15.9. The molecule has 1 unspecified atom stereocenters. The van der Waals surface area contributed by atoms with E-state index < -0.39 is 0 Å². The van der Waals surface area contributed by atoms with Gasteiger partial charge in [0, 0.05) is 28.1 Å². The van der Waals surface area contributed by atoms with Crippen molar-refractivity contribution in [2.75, 3.05) is 34.3 Å². The van der Waals surface area contributed by atoms with Crippen LogP contribution in [0.4, 0.5) is 4.79 Å². The van der Waals surface area contributed by atoms with E-state index in [9.17, 15) is 4.79 Å².